The average Bonchev–Trinajstić information content (AvgIpc) is 2.94. The normalized spacial score (nSPS) is 14.9. The molecule has 6 nitrogen and oxygen atoms in total. The Morgan fingerprint density at radius 3 is 2.66 bits per heavy atom. The van der Waals surface area contributed by atoms with E-state index in [2.05, 4.69) is 10.2 Å². The second-order valence-electron chi connectivity index (χ2n) is 7.27. The smallest absolute Gasteiger partial charge is 0.253 e. The Balaban J connectivity index is 1.54. The van der Waals surface area contributed by atoms with Gasteiger partial charge in [-0.25, -0.2) is 0 Å². The molecule has 0 saturated carbocycles. The lowest BCUT2D eigenvalue weighted by Gasteiger charge is -2.22. The second-order valence-corrected chi connectivity index (χ2v) is 7.27. The Morgan fingerprint density at radius 1 is 1.03 bits per heavy atom. The molecular formula is C23H29N3O3. The maximum absolute atomic E-state index is 12.8. The van der Waals surface area contributed by atoms with Gasteiger partial charge in [0, 0.05) is 31.7 Å². The Hall–Kier alpha value is -2.86. The first kappa shape index (κ1) is 20.9. The maximum atomic E-state index is 12.8. The summed E-state index contributed by atoms with van der Waals surface area (Å²) in [4.78, 5) is 29.3. The molecule has 0 spiro atoms. The number of para-hydroxylation sites is 2. The summed E-state index contributed by atoms with van der Waals surface area (Å²) < 4.78 is 5.57. The zero-order valence-corrected chi connectivity index (χ0v) is 17.2. The first-order valence-electron chi connectivity index (χ1n) is 10.2. The van der Waals surface area contributed by atoms with Crippen LogP contribution in [0, 0.1) is 6.92 Å². The van der Waals surface area contributed by atoms with Gasteiger partial charge in [0.05, 0.1) is 18.8 Å². The summed E-state index contributed by atoms with van der Waals surface area (Å²) in [6, 6.07) is 15.1. The quantitative estimate of drug-likeness (QED) is 0.816. The fourth-order valence-corrected chi connectivity index (χ4v) is 3.54. The summed E-state index contributed by atoms with van der Waals surface area (Å²) in [6.07, 6.45) is 0.848. The topological polar surface area (TPSA) is 61.9 Å². The number of ether oxygens (including phenoxy) is 1. The van der Waals surface area contributed by atoms with E-state index in [1.54, 1.807) is 0 Å². The fourth-order valence-electron chi connectivity index (χ4n) is 3.54. The van der Waals surface area contributed by atoms with Crippen molar-refractivity contribution in [3.63, 3.8) is 0 Å². The molecule has 3 rings (SSSR count). The molecule has 0 atom stereocenters. The van der Waals surface area contributed by atoms with Gasteiger partial charge in [0.2, 0.25) is 5.91 Å². The van der Waals surface area contributed by atoms with E-state index in [1.165, 1.54) is 0 Å². The monoisotopic (exact) mass is 395 g/mol. The van der Waals surface area contributed by atoms with Gasteiger partial charge in [0.25, 0.3) is 5.91 Å². The summed E-state index contributed by atoms with van der Waals surface area (Å²) in [5.41, 5.74) is 2.49. The molecule has 0 aliphatic carbocycles. The van der Waals surface area contributed by atoms with E-state index in [1.807, 2.05) is 67.3 Å². The number of nitrogens with one attached hydrogen (secondary N) is 1. The molecule has 0 unspecified atom stereocenters. The third-order valence-electron chi connectivity index (χ3n) is 4.97. The highest BCUT2D eigenvalue weighted by Gasteiger charge is 2.21. The van der Waals surface area contributed by atoms with Gasteiger partial charge in [-0.05, 0) is 44.5 Å². The van der Waals surface area contributed by atoms with Gasteiger partial charge in [-0.15, -0.1) is 0 Å². The number of hydrogen-bond acceptors (Lipinski definition) is 4. The number of nitrogens with zero attached hydrogens (tertiary/aromatic N) is 2. The van der Waals surface area contributed by atoms with Crippen molar-refractivity contribution in [2.24, 2.45) is 0 Å². The van der Waals surface area contributed by atoms with Gasteiger partial charge in [-0.1, -0.05) is 29.8 Å². The van der Waals surface area contributed by atoms with E-state index in [0.717, 1.165) is 24.1 Å². The standard InChI is InChI=1S/C23H29N3O3/c1-3-29-21-11-5-4-10-20(21)24-22(27)17-25-12-7-13-26(15-14-25)23(28)19-9-6-8-18(2)16-19/h4-6,8-11,16H,3,7,12-15,17H2,1-2H3,(H,24,27). The van der Waals surface area contributed by atoms with E-state index in [4.69, 9.17) is 4.74 Å². The summed E-state index contributed by atoms with van der Waals surface area (Å²) in [7, 11) is 0. The van der Waals surface area contributed by atoms with Crippen LogP contribution in [0.2, 0.25) is 0 Å². The highest BCUT2D eigenvalue weighted by molar-refractivity contribution is 5.95. The summed E-state index contributed by atoms with van der Waals surface area (Å²) in [6.45, 7) is 7.55. The van der Waals surface area contributed by atoms with E-state index in [-0.39, 0.29) is 11.8 Å². The van der Waals surface area contributed by atoms with Crippen molar-refractivity contribution in [1.82, 2.24) is 9.80 Å². The molecule has 1 aliphatic heterocycles. The van der Waals surface area contributed by atoms with Crippen LogP contribution in [-0.4, -0.2) is 60.9 Å². The summed E-state index contributed by atoms with van der Waals surface area (Å²) in [5.74, 6) is 0.662. The van der Waals surface area contributed by atoms with Crippen molar-refractivity contribution >= 4 is 17.5 Å². The van der Waals surface area contributed by atoms with Crippen LogP contribution in [0.5, 0.6) is 5.75 Å². The molecule has 1 saturated heterocycles. The molecule has 154 valence electrons. The third kappa shape index (κ3) is 5.81. The zero-order valence-electron chi connectivity index (χ0n) is 17.2. The number of rotatable bonds is 6. The van der Waals surface area contributed by atoms with Crippen LogP contribution in [0.3, 0.4) is 0 Å². The summed E-state index contributed by atoms with van der Waals surface area (Å²) >= 11 is 0. The van der Waals surface area contributed by atoms with Gasteiger partial charge in [0.1, 0.15) is 5.75 Å². The first-order chi connectivity index (χ1) is 14.1. The van der Waals surface area contributed by atoms with Crippen molar-refractivity contribution in [3.05, 3.63) is 59.7 Å². The number of carbonyl (C=O) groups excluding carboxylic acids is 2. The minimum atomic E-state index is -0.0735. The maximum Gasteiger partial charge on any atom is 0.253 e. The molecule has 1 heterocycles. The van der Waals surface area contributed by atoms with Gasteiger partial charge >= 0.3 is 0 Å². The molecule has 1 N–H and O–H groups in total. The van der Waals surface area contributed by atoms with Crippen molar-refractivity contribution in [2.45, 2.75) is 20.3 Å². The molecule has 2 aromatic carbocycles. The highest BCUT2D eigenvalue weighted by Crippen LogP contribution is 2.23. The fraction of sp³-hybridized carbons (Fsp3) is 0.391. The predicted octanol–water partition coefficient (Wildman–Crippen LogP) is 3.18. The Kier molecular flexibility index (Phi) is 7.25. The average molecular weight is 396 g/mol. The lowest BCUT2D eigenvalue weighted by molar-refractivity contribution is -0.117. The molecule has 2 aromatic rings. The number of anilines is 1. The van der Waals surface area contributed by atoms with Crippen molar-refractivity contribution in [2.75, 3.05) is 44.6 Å². The Bertz CT molecular complexity index is 853. The molecule has 29 heavy (non-hydrogen) atoms. The number of hydrogen-bond donors (Lipinski definition) is 1. The van der Waals surface area contributed by atoms with Crippen LogP contribution >= 0.6 is 0 Å². The number of aryl methyl sites for hydroxylation is 1. The molecule has 1 fully saturated rings. The van der Waals surface area contributed by atoms with E-state index in [0.29, 0.717) is 44.2 Å². The minimum absolute atomic E-state index is 0.0608. The van der Waals surface area contributed by atoms with Crippen molar-refractivity contribution in [1.29, 1.82) is 0 Å². The van der Waals surface area contributed by atoms with Crippen LogP contribution in [-0.2, 0) is 4.79 Å². The largest absolute Gasteiger partial charge is 0.492 e. The SMILES string of the molecule is CCOc1ccccc1NC(=O)CN1CCCN(C(=O)c2cccc(C)c2)CC1. The predicted molar refractivity (Wildman–Crippen MR) is 114 cm³/mol. The van der Waals surface area contributed by atoms with E-state index in [9.17, 15) is 9.59 Å². The summed E-state index contributed by atoms with van der Waals surface area (Å²) in [5, 5.41) is 2.94. The van der Waals surface area contributed by atoms with Crippen LogP contribution < -0.4 is 10.1 Å². The van der Waals surface area contributed by atoms with Gasteiger partial charge in [-0.2, -0.15) is 0 Å². The molecule has 6 heteroatoms. The number of amides is 2. The molecule has 0 radical (unpaired) electrons. The van der Waals surface area contributed by atoms with E-state index >= 15 is 0 Å². The van der Waals surface area contributed by atoms with Crippen molar-refractivity contribution < 1.29 is 14.3 Å². The van der Waals surface area contributed by atoms with Crippen LogP contribution in [0.1, 0.15) is 29.3 Å². The second kappa shape index (κ2) is 10.1. The third-order valence-corrected chi connectivity index (χ3v) is 4.97. The number of carbonyl (C=O) groups is 2. The molecular weight excluding hydrogens is 366 g/mol. The molecule has 2 amide bonds. The van der Waals surface area contributed by atoms with Crippen molar-refractivity contribution in [3.8, 4) is 5.75 Å². The minimum Gasteiger partial charge on any atom is -0.492 e. The first-order valence-corrected chi connectivity index (χ1v) is 10.2. The van der Waals surface area contributed by atoms with Gasteiger partial charge in [0.15, 0.2) is 0 Å². The lowest BCUT2D eigenvalue weighted by atomic mass is 10.1. The van der Waals surface area contributed by atoms with Gasteiger partial charge in [-0.3, -0.25) is 14.5 Å². The van der Waals surface area contributed by atoms with Crippen LogP contribution in [0.15, 0.2) is 48.5 Å². The molecule has 1 aliphatic rings. The Morgan fingerprint density at radius 2 is 1.86 bits per heavy atom. The lowest BCUT2D eigenvalue weighted by Crippen LogP contribution is -2.38. The Labute approximate surface area is 172 Å². The number of benzene rings is 2. The zero-order chi connectivity index (χ0) is 20.6. The molecule has 0 aromatic heterocycles. The van der Waals surface area contributed by atoms with E-state index < -0.39 is 0 Å². The molecule has 0 bridgehead atoms. The van der Waals surface area contributed by atoms with Gasteiger partial charge < -0.3 is 15.0 Å². The highest BCUT2D eigenvalue weighted by atomic mass is 16.5. The van der Waals surface area contributed by atoms with Crippen LogP contribution in [0.25, 0.3) is 0 Å². The van der Waals surface area contributed by atoms with Crippen LogP contribution in [0.4, 0.5) is 5.69 Å².